The first-order chi connectivity index (χ1) is 8.78. The van der Waals surface area contributed by atoms with Gasteiger partial charge in [0, 0.05) is 0 Å². The van der Waals surface area contributed by atoms with Gasteiger partial charge in [0.1, 0.15) is 0 Å². The molecule has 4 atom stereocenters. The number of hydrogen-bond acceptors (Lipinski definition) is 1. The number of nitrogens with two attached hydrogens (primary N) is 1. The zero-order chi connectivity index (χ0) is 12.5. The molecular weight excluding hydrogens is 218 g/mol. The fraction of sp³-hybridized carbons (Fsp3) is 0.647. The quantitative estimate of drug-likeness (QED) is 0.853. The first-order valence-electron chi connectivity index (χ1n) is 7.53. The van der Waals surface area contributed by atoms with Gasteiger partial charge in [0.05, 0.1) is 0 Å². The highest BCUT2D eigenvalue weighted by Gasteiger charge is 2.40. The van der Waals surface area contributed by atoms with Crippen LogP contribution in [0, 0.1) is 24.7 Å². The minimum Gasteiger partial charge on any atom is -0.330 e. The van der Waals surface area contributed by atoms with Crippen LogP contribution in [0.15, 0.2) is 24.3 Å². The molecule has 1 aromatic rings. The van der Waals surface area contributed by atoms with Crippen LogP contribution in [-0.4, -0.2) is 6.54 Å². The number of aryl methyl sites for hydroxylation is 1. The van der Waals surface area contributed by atoms with E-state index in [1.165, 1.54) is 43.2 Å². The maximum absolute atomic E-state index is 6.05. The molecule has 1 aromatic carbocycles. The van der Waals surface area contributed by atoms with Gasteiger partial charge in [0.2, 0.25) is 0 Å². The Bertz CT molecular complexity index is 412. The predicted molar refractivity (Wildman–Crippen MR) is 76.5 cm³/mol. The molecule has 2 aliphatic carbocycles. The van der Waals surface area contributed by atoms with Gasteiger partial charge in [-0.05, 0) is 74.0 Å². The highest BCUT2D eigenvalue weighted by Crippen LogP contribution is 2.51. The number of benzene rings is 1. The lowest BCUT2D eigenvalue weighted by atomic mass is 9.79. The van der Waals surface area contributed by atoms with Crippen LogP contribution in [0.3, 0.4) is 0 Å². The maximum Gasteiger partial charge on any atom is -0.000803 e. The van der Waals surface area contributed by atoms with Crippen molar-refractivity contribution in [2.45, 2.75) is 44.9 Å². The Morgan fingerprint density at radius 3 is 2.67 bits per heavy atom. The summed E-state index contributed by atoms with van der Waals surface area (Å²) in [6.07, 6.45) is 7.30. The molecule has 0 aliphatic heterocycles. The van der Waals surface area contributed by atoms with E-state index in [1.54, 1.807) is 0 Å². The third kappa shape index (κ3) is 2.21. The van der Waals surface area contributed by atoms with Crippen molar-refractivity contribution in [1.29, 1.82) is 0 Å². The van der Waals surface area contributed by atoms with Crippen LogP contribution in [0.4, 0.5) is 0 Å². The second-order valence-electron chi connectivity index (χ2n) is 6.46. The van der Waals surface area contributed by atoms with Gasteiger partial charge in [-0.15, -0.1) is 0 Å². The highest BCUT2D eigenvalue weighted by atomic mass is 14.6. The van der Waals surface area contributed by atoms with Gasteiger partial charge < -0.3 is 5.73 Å². The molecular formula is C17H25N. The van der Waals surface area contributed by atoms with Crippen molar-refractivity contribution in [2.24, 2.45) is 23.5 Å². The summed E-state index contributed by atoms with van der Waals surface area (Å²) in [5.74, 6) is 3.61. The average Bonchev–Trinajstić information content (AvgIpc) is 2.99. The zero-order valence-corrected chi connectivity index (χ0v) is 11.4. The van der Waals surface area contributed by atoms with Crippen molar-refractivity contribution in [3.8, 4) is 0 Å². The Labute approximate surface area is 111 Å². The van der Waals surface area contributed by atoms with Crippen LogP contribution in [0.1, 0.15) is 49.1 Å². The molecule has 0 radical (unpaired) electrons. The Morgan fingerprint density at radius 1 is 1.22 bits per heavy atom. The summed E-state index contributed by atoms with van der Waals surface area (Å²) in [6, 6.07) is 8.79. The molecule has 0 saturated heterocycles. The van der Waals surface area contributed by atoms with Crippen LogP contribution in [0.25, 0.3) is 0 Å². The van der Waals surface area contributed by atoms with Crippen LogP contribution < -0.4 is 5.73 Å². The van der Waals surface area contributed by atoms with Crippen molar-refractivity contribution in [3.05, 3.63) is 35.4 Å². The number of fused-ring (bicyclic) bond motifs is 2. The maximum atomic E-state index is 6.05. The standard InChI is InChI=1S/C17H25N/c1-12-4-2-3-5-17(12)16(11-18)10-15-9-13-6-7-14(15)8-13/h2-5,13-16H,6-11,18H2,1H3. The van der Waals surface area contributed by atoms with E-state index in [0.717, 1.165) is 24.3 Å². The van der Waals surface area contributed by atoms with E-state index < -0.39 is 0 Å². The van der Waals surface area contributed by atoms with Crippen molar-refractivity contribution in [2.75, 3.05) is 6.54 Å². The normalized spacial score (nSPS) is 31.8. The van der Waals surface area contributed by atoms with Gasteiger partial charge in [0.15, 0.2) is 0 Å². The predicted octanol–water partition coefficient (Wildman–Crippen LogP) is 3.86. The number of hydrogen-bond donors (Lipinski definition) is 1. The first kappa shape index (κ1) is 12.2. The van der Waals surface area contributed by atoms with E-state index in [0.29, 0.717) is 5.92 Å². The summed E-state index contributed by atoms with van der Waals surface area (Å²) in [4.78, 5) is 0. The Kier molecular flexibility index (Phi) is 3.43. The zero-order valence-electron chi connectivity index (χ0n) is 11.4. The Balaban J connectivity index is 1.72. The Hall–Kier alpha value is -0.820. The van der Waals surface area contributed by atoms with E-state index in [-0.39, 0.29) is 0 Å². The van der Waals surface area contributed by atoms with E-state index in [4.69, 9.17) is 5.73 Å². The molecule has 18 heavy (non-hydrogen) atoms. The molecule has 2 aliphatic rings. The minimum absolute atomic E-state index is 0.579. The second kappa shape index (κ2) is 5.05. The molecule has 0 heterocycles. The SMILES string of the molecule is Cc1ccccc1C(CN)CC1CC2CCC1C2. The lowest BCUT2D eigenvalue weighted by Crippen LogP contribution is -2.20. The van der Waals surface area contributed by atoms with E-state index in [2.05, 4.69) is 31.2 Å². The molecule has 98 valence electrons. The molecule has 0 spiro atoms. The van der Waals surface area contributed by atoms with E-state index in [1.807, 2.05) is 0 Å². The van der Waals surface area contributed by atoms with Crippen molar-refractivity contribution in [1.82, 2.24) is 0 Å². The molecule has 2 fully saturated rings. The van der Waals surface area contributed by atoms with Gasteiger partial charge in [0.25, 0.3) is 0 Å². The Morgan fingerprint density at radius 2 is 2.06 bits per heavy atom. The van der Waals surface area contributed by atoms with E-state index in [9.17, 15) is 0 Å². The second-order valence-corrected chi connectivity index (χ2v) is 6.46. The molecule has 0 aromatic heterocycles. The fourth-order valence-corrected chi connectivity index (χ4v) is 4.43. The molecule has 2 N–H and O–H groups in total. The smallest absolute Gasteiger partial charge is 0.000803 e. The van der Waals surface area contributed by atoms with Crippen molar-refractivity contribution < 1.29 is 0 Å². The highest BCUT2D eigenvalue weighted by molar-refractivity contribution is 5.29. The monoisotopic (exact) mass is 243 g/mol. The van der Waals surface area contributed by atoms with Crippen molar-refractivity contribution in [3.63, 3.8) is 0 Å². The molecule has 4 unspecified atom stereocenters. The number of rotatable bonds is 4. The fourth-order valence-electron chi connectivity index (χ4n) is 4.43. The summed E-state index contributed by atoms with van der Waals surface area (Å²) in [7, 11) is 0. The van der Waals surface area contributed by atoms with E-state index >= 15 is 0 Å². The molecule has 1 nitrogen and oxygen atoms in total. The summed E-state index contributed by atoms with van der Waals surface area (Å²) in [5.41, 5.74) is 8.95. The van der Waals surface area contributed by atoms with Crippen LogP contribution in [0.2, 0.25) is 0 Å². The topological polar surface area (TPSA) is 26.0 Å². The minimum atomic E-state index is 0.579. The van der Waals surface area contributed by atoms with Gasteiger partial charge in [-0.25, -0.2) is 0 Å². The third-order valence-corrected chi connectivity index (χ3v) is 5.38. The van der Waals surface area contributed by atoms with Crippen LogP contribution >= 0.6 is 0 Å². The van der Waals surface area contributed by atoms with Gasteiger partial charge >= 0.3 is 0 Å². The molecule has 2 bridgehead atoms. The third-order valence-electron chi connectivity index (χ3n) is 5.38. The van der Waals surface area contributed by atoms with Gasteiger partial charge in [-0.2, -0.15) is 0 Å². The average molecular weight is 243 g/mol. The lowest BCUT2D eigenvalue weighted by Gasteiger charge is -2.27. The van der Waals surface area contributed by atoms with Gasteiger partial charge in [-0.3, -0.25) is 0 Å². The van der Waals surface area contributed by atoms with Crippen LogP contribution in [0.5, 0.6) is 0 Å². The van der Waals surface area contributed by atoms with Crippen LogP contribution in [-0.2, 0) is 0 Å². The van der Waals surface area contributed by atoms with Crippen molar-refractivity contribution >= 4 is 0 Å². The first-order valence-corrected chi connectivity index (χ1v) is 7.53. The molecule has 3 rings (SSSR count). The molecule has 2 saturated carbocycles. The molecule has 1 heteroatoms. The summed E-state index contributed by atoms with van der Waals surface area (Å²) < 4.78 is 0. The largest absolute Gasteiger partial charge is 0.330 e. The van der Waals surface area contributed by atoms with Gasteiger partial charge in [-0.1, -0.05) is 30.7 Å². The summed E-state index contributed by atoms with van der Waals surface area (Å²) in [5, 5.41) is 0. The summed E-state index contributed by atoms with van der Waals surface area (Å²) in [6.45, 7) is 3.03. The molecule has 0 amide bonds. The lowest BCUT2D eigenvalue weighted by molar-refractivity contribution is 0.295. The summed E-state index contributed by atoms with van der Waals surface area (Å²) >= 11 is 0.